The first kappa shape index (κ1) is 15.4. The molecule has 1 radical (unpaired) electrons. The van der Waals surface area contributed by atoms with Gasteiger partial charge in [0.05, 0.1) is 20.1 Å². The number of aliphatic carboxylic acids is 1. The van der Waals surface area contributed by atoms with Crippen LogP contribution < -0.4 is 0 Å². The van der Waals surface area contributed by atoms with Crippen LogP contribution in [0.2, 0.25) is 0 Å². The number of carboxylic acids is 1. The van der Waals surface area contributed by atoms with Gasteiger partial charge in [0, 0.05) is 51.4 Å². The van der Waals surface area contributed by atoms with Crippen molar-refractivity contribution in [1.82, 2.24) is 4.90 Å². The molecule has 0 aliphatic rings. The summed E-state index contributed by atoms with van der Waals surface area (Å²) in [4.78, 5) is 11.1. The molecule has 7 heteroatoms. The van der Waals surface area contributed by atoms with E-state index in [1.54, 1.807) is 0 Å². The Morgan fingerprint density at radius 3 is 1.75 bits per heavy atom. The van der Waals surface area contributed by atoms with Crippen molar-refractivity contribution in [2.45, 2.75) is 6.04 Å². The largest absolute Gasteiger partial charge is 0.480 e. The van der Waals surface area contributed by atoms with Gasteiger partial charge in [-0.05, 0) is 0 Å². The molecule has 0 saturated heterocycles. The maximum absolute atomic E-state index is 10.3. The van der Waals surface area contributed by atoms with Crippen molar-refractivity contribution in [3.8, 4) is 0 Å². The number of carbonyl (C=O) groups is 1. The van der Waals surface area contributed by atoms with Gasteiger partial charge in [0.25, 0.3) is 0 Å². The van der Waals surface area contributed by atoms with Crippen LogP contribution in [0.1, 0.15) is 0 Å². The van der Waals surface area contributed by atoms with Crippen molar-refractivity contribution in [1.29, 1.82) is 0 Å². The fourth-order valence-electron chi connectivity index (χ4n) is 0.592. The van der Waals surface area contributed by atoms with E-state index in [2.05, 4.69) is 0 Å². The van der Waals surface area contributed by atoms with Crippen LogP contribution in [0.25, 0.3) is 0 Å². The molecule has 0 spiro atoms. The molecule has 12 heavy (non-hydrogen) atoms. The summed E-state index contributed by atoms with van der Waals surface area (Å²) in [6.45, 7) is -1.85. The van der Waals surface area contributed by atoms with Crippen molar-refractivity contribution in [2.75, 3.05) is 20.1 Å². The Morgan fingerprint density at radius 2 is 1.67 bits per heavy atom. The quantitative estimate of drug-likeness (QED) is 0.286. The van der Waals surface area contributed by atoms with Crippen LogP contribution in [0.15, 0.2) is 0 Å². The zero-order chi connectivity index (χ0) is 8.85. The van der Waals surface area contributed by atoms with E-state index < -0.39 is 32.1 Å². The van der Waals surface area contributed by atoms with Gasteiger partial charge in [-0.2, -0.15) is 0 Å². The third kappa shape index (κ3) is 4.85. The first-order valence-electron chi connectivity index (χ1n) is 2.96. The van der Waals surface area contributed by atoms with E-state index >= 15 is 0 Å². The van der Waals surface area contributed by atoms with E-state index in [0.29, 0.717) is 0 Å². The van der Waals surface area contributed by atoms with Crippen LogP contribution in [-0.4, -0.2) is 109 Å². The topological polar surface area (TPSA) is 101 Å². The van der Waals surface area contributed by atoms with E-state index in [9.17, 15) is 4.79 Å². The molecule has 1 atom stereocenters. The average molecular weight is 204 g/mol. The van der Waals surface area contributed by atoms with Gasteiger partial charge in [-0.1, -0.05) is 0 Å². The number of nitrogens with zero attached hydrogens (tertiary/aromatic N) is 1. The van der Waals surface area contributed by atoms with Crippen LogP contribution in [0.4, 0.5) is 0 Å². The van der Waals surface area contributed by atoms with Gasteiger partial charge in [-0.25, -0.2) is 4.90 Å². The monoisotopic (exact) mass is 204 g/mol. The fourth-order valence-corrected chi connectivity index (χ4v) is 0.592. The Labute approximate surface area is 112 Å². The molecule has 0 fully saturated rings. The van der Waals surface area contributed by atoms with Gasteiger partial charge in [0.2, 0.25) is 0 Å². The second kappa shape index (κ2) is 8.54. The van der Waals surface area contributed by atoms with Gasteiger partial charge in [-0.3, -0.25) is 4.79 Å². The van der Waals surface area contributed by atoms with E-state index in [-0.39, 0.29) is 51.4 Å². The molecule has 0 aliphatic carbocycles. The number of rotatable bonds is 5. The van der Waals surface area contributed by atoms with Crippen molar-refractivity contribution in [3.05, 3.63) is 0 Å². The Morgan fingerprint density at radius 1 is 1.25 bits per heavy atom. The molecule has 67 valence electrons. The summed E-state index contributed by atoms with van der Waals surface area (Å²) >= 11 is 0. The number of carboxylic acid groups (broad SMARTS) is 1. The van der Waals surface area contributed by atoms with Crippen LogP contribution in [0.5, 0.6) is 0 Å². The van der Waals surface area contributed by atoms with Crippen LogP contribution in [0, 0.1) is 0 Å². The summed E-state index contributed by atoms with van der Waals surface area (Å²) in [6.07, 6.45) is 0. The maximum atomic E-state index is 10.3. The summed E-state index contributed by atoms with van der Waals surface area (Å²) in [7, 11) is 0. The molecule has 4 N–H and O–H groups in total. The van der Waals surface area contributed by atoms with Crippen molar-refractivity contribution in [3.63, 3.8) is 0 Å². The molecule has 0 aromatic heterocycles. The summed E-state index contributed by atoms with van der Waals surface area (Å²) in [5.74, 6) is -1.28. The molecule has 6 nitrogen and oxygen atoms in total. The van der Waals surface area contributed by atoms with Gasteiger partial charge < -0.3 is 20.4 Å². The Kier molecular flexibility index (Phi) is 11.0. The molecule has 0 amide bonds. The smallest absolute Gasteiger partial charge is 0.323 e. The first-order chi connectivity index (χ1) is 5.17. The second-order valence-electron chi connectivity index (χ2n) is 1.91. The predicted octanol–water partition coefficient (Wildman–Crippen LogP) is -2.75. The first-order valence-corrected chi connectivity index (χ1v) is 2.96. The summed E-state index contributed by atoms with van der Waals surface area (Å²) in [6, 6.07) is -1.25. The zero-order valence-electron chi connectivity index (χ0n) is 6.84. The summed E-state index contributed by atoms with van der Waals surface area (Å²) in [5.41, 5.74) is 0. The molecule has 0 heterocycles. The van der Waals surface area contributed by atoms with Crippen LogP contribution in [0.3, 0.4) is 0 Å². The minimum Gasteiger partial charge on any atom is -0.480 e. The molecular weight excluding hydrogens is 193 g/mol. The Bertz CT molecular complexity index is 129. The van der Waals surface area contributed by atoms with Crippen molar-refractivity contribution < 1.29 is 25.2 Å². The maximum Gasteiger partial charge on any atom is 0.323 e. The fraction of sp³-hybridized carbons (Fsp3) is 0.800. The van der Waals surface area contributed by atoms with E-state index in [4.69, 9.17) is 20.4 Å². The van der Waals surface area contributed by atoms with E-state index in [1.165, 1.54) is 0 Å². The summed E-state index contributed by atoms with van der Waals surface area (Å²) < 4.78 is 0. The van der Waals surface area contributed by atoms with Crippen LogP contribution >= 0.6 is 0 Å². The molecule has 0 aliphatic heterocycles. The zero-order valence-corrected chi connectivity index (χ0v) is 9.97. The number of aliphatic hydroxyl groups excluding tert-OH is 3. The molecule has 0 aromatic rings. The Balaban J connectivity index is 0. The molecule has 0 bridgehead atoms. The van der Waals surface area contributed by atoms with E-state index in [1.807, 2.05) is 0 Å². The second-order valence-corrected chi connectivity index (χ2v) is 1.91. The minimum atomic E-state index is -1.28. The molecule has 0 rings (SSSR count). The average Bonchev–Trinajstić information content (AvgIpc) is 1.99. The van der Waals surface area contributed by atoms with Gasteiger partial charge in [-0.15, -0.1) is 0 Å². The number of aliphatic hydroxyl groups is 3. The standard InChI is InChI=1S/C5H11NO5.K/c7-1-4(5(10)11)6(2-8)3-9;/h4,7-9H,1-3H2,(H,10,11);. The molecule has 1 unspecified atom stereocenters. The number of hydrogen-bond acceptors (Lipinski definition) is 5. The summed E-state index contributed by atoms with van der Waals surface area (Å²) in [5, 5.41) is 33.8. The predicted molar refractivity (Wildman–Crippen MR) is 40.3 cm³/mol. The van der Waals surface area contributed by atoms with E-state index in [0.717, 1.165) is 4.90 Å². The van der Waals surface area contributed by atoms with Crippen molar-refractivity contribution >= 4 is 57.4 Å². The van der Waals surface area contributed by atoms with Gasteiger partial charge in [0.1, 0.15) is 6.04 Å². The third-order valence-electron chi connectivity index (χ3n) is 1.26. The Hall–Kier alpha value is 0.946. The van der Waals surface area contributed by atoms with Crippen LogP contribution in [-0.2, 0) is 4.79 Å². The SMILES string of the molecule is O=C(O)C(CO)N(CO)CO.[K]. The normalized spacial score (nSPS) is 12.3. The van der Waals surface area contributed by atoms with Crippen molar-refractivity contribution in [2.24, 2.45) is 0 Å². The molecule has 0 saturated carbocycles. The molecular formula is C5H11KNO5. The van der Waals surface area contributed by atoms with Gasteiger partial charge >= 0.3 is 5.97 Å². The molecule has 0 aromatic carbocycles. The van der Waals surface area contributed by atoms with Gasteiger partial charge in [0.15, 0.2) is 0 Å². The number of hydrogen-bond donors (Lipinski definition) is 4. The third-order valence-corrected chi connectivity index (χ3v) is 1.26. The minimum absolute atomic E-state index is 0.